The van der Waals surface area contributed by atoms with Crippen molar-refractivity contribution in [2.45, 2.75) is 37.8 Å². The van der Waals surface area contributed by atoms with Gasteiger partial charge in [0.25, 0.3) is 11.8 Å². The number of nitrogens with one attached hydrogen (secondary N) is 2. The Kier molecular flexibility index (Phi) is 7.56. The van der Waals surface area contributed by atoms with Crippen LogP contribution in [0.3, 0.4) is 0 Å². The van der Waals surface area contributed by atoms with E-state index in [1.165, 1.54) is 24.4 Å². The van der Waals surface area contributed by atoms with Crippen LogP contribution >= 0.6 is 23.2 Å². The fraction of sp³-hybridized carbons (Fsp3) is 0.346. The number of ether oxygens (including phenoxy) is 1. The zero-order valence-electron chi connectivity index (χ0n) is 20.1. The van der Waals surface area contributed by atoms with Gasteiger partial charge in [-0.3, -0.25) is 19.8 Å². The number of piperidine rings is 1. The maximum Gasteiger partial charge on any atom is 0.271 e. The van der Waals surface area contributed by atoms with Crippen LogP contribution in [0.25, 0.3) is 10.9 Å². The highest BCUT2D eigenvalue weighted by molar-refractivity contribution is 6.31. The van der Waals surface area contributed by atoms with E-state index in [1.807, 2.05) is 4.57 Å². The Morgan fingerprint density at radius 1 is 1.00 bits per heavy atom. The molecule has 2 amide bonds. The maximum absolute atomic E-state index is 14.1. The Hall–Kier alpha value is -3.21. The number of carbonyl (C=O) groups excluding carboxylic acids is 2. The Balaban J connectivity index is 1.17. The molecule has 38 heavy (non-hydrogen) atoms. The molecule has 12 heteroatoms. The molecule has 1 aliphatic heterocycles. The molecule has 0 atom stereocenters. The fourth-order valence-electron chi connectivity index (χ4n) is 4.49. The molecule has 0 radical (unpaired) electrons. The molecule has 2 N–H and O–H groups in total. The number of aromatic nitrogens is 1. The highest BCUT2D eigenvalue weighted by Crippen LogP contribution is 2.37. The first-order valence-corrected chi connectivity index (χ1v) is 12.9. The summed E-state index contributed by atoms with van der Waals surface area (Å²) in [6.07, 6.45) is 4.42. The maximum atomic E-state index is 14.1. The number of hydrogen-bond acceptors (Lipinski definition) is 5. The van der Waals surface area contributed by atoms with Gasteiger partial charge >= 0.3 is 0 Å². The van der Waals surface area contributed by atoms with Crippen molar-refractivity contribution in [3.05, 3.63) is 74.0 Å². The van der Waals surface area contributed by atoms with E-state index in [4.69, 9.17) is 27.9 Å². The summed E-state index contributed by atoms with van der Waals surface area (Å²) in [6.45, 7) is 0.599. The zero-order valence-corrected chi connectivity index (χ0v) is 21.6. The first-order valence-electron chi connectivity index (χ1n) is 12.2. The van der Waals surface area contributed by atoms with Crippen LogP contribution in [0.15, 0.2) is 41.3 Å². The van der Waals surface area contributed by atoms with E-state index in [-0.39, 0.29) is 51.3 Å². The van der Waals surface area contributed by atoms with Gasteiger partial charge in [-0.15, -0.1) is 0 Å². The van der Waals surface area contributed by atoms with E-state index in [0.717, 1.165) is 25.0 Å². The second-order valence-electron chi connectivity index (χ2n) is 9.43. The Morgan fingerprint density at radius 3 is 2.39 bits per heavy atom. The Morgan fingerprint density at radius 2 is 1.71 bits per heavy atom. The molecule has 1 saturated heterocycles. The van der Waals surface area contributed by atoms with Gasteiger partial charge in [-0.05, 0) is 49.9 Å². The smallest absolute Gasteiger partial charge is 0.271 e. The van der Waals surface area contributed by atoms with Crippen molar-refractivity contribution < 1.29 is 23.1 Å². The van der Waals surface area contributed by atoms with Crippen molar-refractivity contribution >= 4 is 45.9 Å². The summed E-state index contributed by atoms with van der Waals surface area (Å²) in [5, 5.41) is 4.54. The summed E-state index contributed by atoms with van der Waals surface area (Å²) in [7, 11) is 0. The summed E-state index contributed by atoms with van der Waals surface area (Å²) in [6, 6.07) is 6.43. The lowest BCUT2D eigenvalue weighted by Crippen LogP contribution is -2.52. The van der Waals surface area contributed by atoms with Crippen molar-refractivity contribution in [3.8, 4) is 5.75 Å². The highest BCUT2D eigenvalue weighted by Gasteiger charge is 2.28. The summed E-state index contributed by atoms with van der Waals surface area (Å²) in [4.78, 5) is 38.3. The average molecular weight is 565 g/mol. The van der Waals surface area contributed by atoms with Gasteiger partial charge in [0.1, 0.15) is 22.9 Å². The van der Waals surface area contributed by atoms with Gasteiger partial charge in [-0.25, -0.2) is 13.8 Å². The molecule has 1 saturated carbocycles. The van der Waals surface area contributed by atoms with Gasteiger partial charge in [-0.2, -0.15) is 0 Å². The van der Waals surface area contributed by atoms with Crippen molar-refractivity contribution in [3.63, 3.8) is 0 Å². The van der Waals surface area contributed by atoms with E-state index in [1.54, 1.807) is 5.01 Å². The lowest BCUT2D eigenvalue weighted by atomic mass is 10.1. The standard InChI is InChI=1S/C26H24Cl2F2N4O4/c27-19-4-3-16(9-21(19)29)38-13-24(35)31-14-5-7-33(8-6-14)32-26(37)18-12-34(15-1-2-15)23-11-20(28)22(30)10-17(23)25(18)36/h3-4,9-12,14-15H,1-2,5-8,13H2,(H,31,35)(H,32,37). The van der Waals surface area contributed by atoms with E-state index >= 15 is 0 Å². The molecular formula is C26H24Cl2F2N4O4. The predicted molar refractivity (Wildman–Crippen MR) is 139 cm³/mol. The average Bonchev–Trinajstić information content (AvgIpc) is 3.73. The van der Waals surface area contributed by atoms with Gasteiger partial charge in [0.2, 0.25) is 5.43 Å². The number of hydrazine groups is 1. The first-order chi connectivity index (χ1) is 18.2. The molecule has 2 aromatic carbocycles. The molecule has 1 aliphatic carbocycles. The van der Waals surface area contributed by atoms with E-state index in [0.29, 0.717) is 31.4 Å². The molecule has 2 heterocycles. The molecule has 2 fully saturated rings. The third kappa shape index (κ3) is 5.77. The van der Waals surface area contributed by atoms with E-state index in [2.05, 4.69) is 10.7 Å². The topological polar surface area (TPSA) is 92.7 Å². The molecule has 8 nitrogen and oxygen atoms in total. The zero-order chi connectivity index (χ0) is 27.0. The molecule has 200 valence electrons. The third-order valence-electron chi connectivity index (χ3n) is 6.64. The van der Waals surface area contributed by atoms with Gasteiger partial charge in [0, 0.05) is 42.8 Å². The molecular weight excluding hydrogens is 541 g/mol. The van der Waals surface area contributed by atoms with Crippen LogP contribution in [0.4, 0.5) is 8.78 Å². The second-order valence-corrected chi connectivity index (χ2v) is 10.2. The lowest BCUT2D eigenvalue weighted by molar-refractivity contribution is -0.124. The number of nitrogens with zero attached hydrogens (tertiary/aromatic N) is 2. The van der Waals surface area contributed by atoms with Crippen molar-refractivity contribution in [1.82, 2.24) is 20.3 Å². The predicted octanol–water partition coefficient (Wildman–Crippen LogP) is 4.23. The van der Waals surface area contributed by atoms with Crippen molar-refractivity contribution in [2.75, 3.05) is 19.7 Å². The van der Waals surface area contributed by atoms with Crippen LogP contribution in [0.5, 0.6) is 5.75 Å². The number of halogens is 4. The molecule has 1 aromatic heterocycles. The van der Waals surface area contributed by atoms with Crippen LogP contribution in [0.1, 0.15) is 42.1 Å². The number of benzene rings is 2. The van der Waals surface area contributed by atoms with Crippen LogP contribution < -0.4 is 20.9 Å². The van der Waals surface area contributed by atoms with Gasteiger partial charge < -0.3 is 14.6 Å². The van der Waals surface area contributed by atoms with Crippen molar-refractivity contribution in [2.24, 2.45) is 0 Å². The van der Waals surface area contributed by atoms with Crippen LogP contribution in [-0.4, -0.2) is 47.1 Å². The minimum absolute atomic E-state index is 0.0336. The largest absolute Gasteiger partial charge is 0.484 e. The van der Waals surface area contributed by atoms with Crippen molar-refractivity contribution in [1.29, 1.82) is 0 Å². The second kappa shape index (κ2) is 10.9. The van der Waals surface area contributed by atoms with Crippen LogP contribution in [0, 0.1) is 11.6 Å². The quantitative estimate of drug-likeness (QED) is 0.448. The number of rotatable bonds is 7. The molecule has 5 rings (SSSR count). The minimum atomic E-state index is -0.717. The number of carbonyl (C=O) groups is 2. The summed E-state index contributed by atoms with van der Waals surface area (Å²) >= 11 is 11.6. The number of hydrogen-bond donors (Lipinski definition) is 2. The molecule has 0 bridgehead atoms. The lowest BCUT2D eigenvalue weighted by Gasteiger charge is -2.32. The summed E-state index contributed by atoms with van der Waals surface area (Å²) in [5.41, 5.74) is 2.63. The number of fused-ring (bicyclic) bond motifs is 1. The third-order valence-corrected chi connectivity index (χ3v) is 7.24. The van der Waals surface area contributed by atoms with Gasteiger partial charge in [0.05, 0.1) is 15.6 Å². The van der Waals surface area contributed by atoms with Crippen LogP contribution in [-0.2, 0) is 4.79 Å². The monoisotopic (exact) mass is 564 g/mol. The number of pyridine rings is 1. The Bertz CT molecular complexity index is 1470. The molecule has 0 spiro atoms. The normalized spacial score (nSPS) is 16.4. The minimum Gasteiger partial charge on any atom is -0.484 e. The SMILES string of the molecule is O=C(COc1ccc(Cl)c(F)c1)NC1CCN(NC(=O)c2cn(C3CC3)c3cc(Cl)c(F)cc3c2=O)CC1. The first kappa shape index (κ1) is 26.4. The van der Waals surface area contributed by atoms with Crippen LogP contribution in [0.2, 0.25) is 10.0 Å². The fourth-order valence-corrected chi connectivity index (χ4v) is 4.76. The summed E-state index contributed by atoms with van der Waals surface area (Å²) in [5.74, 6) is -2.09. The van der Waals surface area contributed by atoms with Gasteiger partial charge in [-0.1, -0.05) is 23.2 Å². The molecule has 0 unspecified atom stereocenters. The van der Waals surface area contributed by atoms with Gasteiger partial charge in [0.15, 0.2) is 6.61 Å². The van der Waals surface area contributed by atoms with E-state index in [9.17, 15) is 23.2 Å². The number of amides is 2. The molecule has 2 aliphatic rings. The highest BCUT2D eigenvalue weighted by atomic mass is 35.5. The van der Waals surface area contributed by atoms with E-state index < -0.39 is 23.0 Å². The summed E-state index contributed by atoms with van der Waals surface area (Å²) < 4.78 is 34.8. The Labute approximate surface area is 226 Å². The molecule has 3 aromatic rings.